The van der Waals surface area contributed by atoms with E-state index in [0.29, 0.717) is 22.6 Å². The van der Waals surface area contributed by atoms with Crippen LogP contribution in [0.5, 0.6) is 0 Å². The van der Waals surface area contributed by atoms with Gasteiger partial charge in [0.05, 0.1) is 12.0 Å². The van der Waals surface area contributed by atoms with E-state index in [-0.39, 0.29) is 11.4 Å². The Morgan fingerprint density at radius 2 is 1.92 bits per heavy atom. The van der Waals surface area contributed by atoms with Crippen molar-refractivity contribution in [2.75, 3.05) is 5.75 Å². The monoisotopic (exact) mass is 359 g/mol. The van der Waals surface area contributed by atoms with Crippen molar-refractivity contribution >= 4 is 17.7 Å². The van der Waals surface area contributed by atoms with Crippen molar-refractivity contribution in [2.24, 2.45) is 17.8 Å². The molecule has 4 aliphatic carbocycles. The Morgan fingerprint density at radius 3 is 2.56 bits per heavy atom. The molecule has 25 heavy (non-hydrogen) atoms. The second kappa shape index (κ2) is 5.90. The highest BCUT2D eigenvalue weighted by Crippen LogP contribution is 2.55. The lowest BCUT2D eigenvalue weighted by atomic mass is 9.53. The van der Waals surface area contributed by atoms with Gasteiger partial charge in [-0.1, -0.05) is 11.8 Å². The molecule has 2 aromatic heterocycles. The van der Waals surface area contributed by atoms with Crippen molar-refractivity contribution in [1.29, 1.82) is 0 Å². The van der Waals surface area contributed by atoms with Crippen LogP contribution in [0, 0.1) is 17.8 Å². The van der Waals surface area contributed by atoms with Gasteiger partial charge >= 0.3 is 0 Å². The van der Waals surface area contributed by atoms with Crippen LogP contribution in [0.1, 0.15) is 38.5 Å². The van der Waals surface area contributed by atoms with E-state index in [1.165, 1.54) is 50.3 Å². The zero-order valence-electron chi connectivity index (χ0n) is 13.9. The minimum atomic E-state index is 0.0561. The summed E-state index contributed by atoms with van der Waals surface area (Å²) in [5, 5.41) is 11.7. The molecule has 0 unspecified atom stereocenters. The van der Waals surface area contributed by atoms with Gasteiger partial charge in [0.1, 0.15) is 0 Å². The molecule has 0 saturated heterocycles. The molecular formula is C18H21N3O3S. The van der Waals surface area contributed by atoms with Crippen LogP contribution < -0.4 is 5.32 Å². The number of furan rings is 1. The molecule has 0 aliphatic heterocycles. The summed E-state index contributed by atoms with van der Waals surface area (Å²) in [4.78, 5) is 12.5. The number of carbonyl (C=O) groups is 1. The maximum Gasteiger partial charge on any atom is 0.284 e. The van der Waals surface area contributed by atoms with E-state index in [1.54, 1.807) is 18.4 Å². The first kappa shape index (κ1) is 15.5. The highest BCUT2D eigenvalue weighted by Gasteiger charge is 2.51. The van der Waals surface area contributed by atoms with Gasteiger partial charge in [0.15, 0.2) is 5.76 Å². The normalized spacial score (nSPS) is 32.9. The van der Waals surface area contributed by atoms with E-state index in [1.807, 2.05) is 0 Å². The molecule has 7 heteroatoms. The summed E-state index contributed by atoms with van der Waals surface area (Å²) in [5.74, 6) is 3.74. The Labute approximate surface area is 150 Å². The topological polar surface area (TPSA) is 81.2 Å². The fourth-order valence-corrected chi connectivity index (χ4v) is 6.05. The molecule has 1 N–H and O–H groups in total. The van der Waals surface area contributed by atoms with Crippen molar-refractivity contribution in [2.45, 2.75) is 49.3 Å². The van der Waals surface area contributed by atoms with Gasteiger partial charge < -0.3 is 14.2 Å². The Kier molecular flexibility index (Phi) is 3.66. The van der Waals surface area contributed by atoms with Gasteiger partial charge in [-0.3, -0.25) is 4.79 Å². The predicted molar refractivity (Wildman–Crippen MR) is 91.8 cm³/mol. The highest BCUT2D eigenvalue weighted by atomic mass is 32.2. The summed E-state index contributed by atoms with van der Waals surface area (Å²) in [6.45, 7) is 0. The average molecular weight is 359 g/mol. The van der Waals surface area contributed by atoms with Crippen LogP contribution in [0.15, 0.2) is 32.5 Å². The Morgan fingerprint density at radius 1 is 1.20 bits per heavy atom. The lowest BCUT2D eigenvalue weighted by molar-refractivity contribution is -0.124. The third-order valence-corrected chi connectivity index (χ3v) is 6.73. The number of amides is 1. The molecule has 0 spiro atoms. The van der Waals surface area contributed by atoms with Gasteiger partial charge in [0.2, 0.25) is 5.91 Å². The Bertz CT molecular complexity index is 735. The maximum atomic E-state index is 12.5. The van der Waals surface area contributed by atoms with Crippen molar-refractivity contribution in [3.8, 4) is 11.7 Å². The highest BCUT2D eigenvalue weighted by molar-refractivity contribution is 7.99. The number of aromatic nitrogens is 2. The van der Waals surface area contributed by atoms with E-state index in [9.17, 15) is 4.79 Å². The van der Waals surface area contributed by atoms with Crippen LogP contribution in [-0.2, 0) is 4.79 Å². The standard InChI is InChI=1S/C18H21N3O3S/c22-15(10-25-17-21-20-16(24-17)14-2-1-3-23-14)19-18-7-11-4-12(8-18)6-13(5-11)9-18/h1-3,11-13H,4-10H2,(H,19,22). The molecule has 6 nitrogen and oxygen atoms in total. The van der Waals surface area contributed by atoms with Crippen LogP contribution in [0.2, 0.25) is 0 Å². The van der Waals surface area contributed by atoms with Crippen molar-refractivity contribution in [1.82, 2.24) is 15.5 Å². The second-order valence-corrected chi connectivity index (χ2v) is 8.81. The van der Waals surface area contributed by atoms with Gasteiger partial charge in [-0.2, -0.15) is 0 Å². The zero-order chi connectivity index (χ0) is 16.9. The molecule has 1 amide bonds. The first-order chi connectivity index (χ1) is 12.2. The van der Waals surface area contributed by atoms with E-state index in [0.717, 1.165) is 17.8 Å². The number of rotatable bonds is 5. The fraction of sp³-hybridized carbons (Fsp3) is 0.611. The predicted octanol–water partition coefficient (Wildman–Crippen LogP) is 3.51. The average Bonchev–Trinajstić information content (AvgIpc) is 3.22. The van der Waals surface area contributed by atoms with Gasteiger partial charge in [-0.15, -0.1) is 10.2 Å². The molecule has 0 atom stereocenters. The lowest BCUT2D eigenvalue weighted by Gasteiger charge is -2.56. The molecule has 132 valence electrons. The number of nitrogens with zero attached hydrogens (tertiary/aromatic N) is 2. The maximum absolute atomic E-state index is 12.5. The molecule has 0 aromatic carbocycles. The molecule has 2 aromatic rings. The van der Waals surface area contributed by atoms with Crippen molar-refractivity contribution < 1.29 is 13.6 Å². The van der Waals surface area contributed by atoms with E-state index in [2.05, 4.69) is 15.5 Å². The van der Waals surface area contributed by atoms with E-state index < -0.39 is 0 Å². The third-order valence-electron chi connectivity index (χ3n) is 5.91. The van der Waals surface area contributed by atoms with Gasteiger partial charge in [0.25, 0.3) is 11.1 Å². The van der Waals surface area contributed by atoms with Crippen LogP contribution in [0.4, 0.5) is 0 Å². The number of carbonyl (C=O) groups excluding carboxylic acids is 1. The largest absolute Gasteiger partial charge is 0.459 e. The number of hydrogen-bond donors (Lipinski definition) is 1. The van der Waals surface area contributed by atoms with E-state index >= 15 is 0 Å². The summed E-state index contributed by atoms with van der Waals surface area (Å²) in [7, 11) is 0. The molecule has 2 heterocycles. The number of nitrogens with one attached hydrogen (secondary N) is 1. The minimum absolute atomic E-state index is 0.0561. The SMILES string of the molecule is O=C(CSc1nnc(-c2ccco2)o1)NC12CC3CC(CC(C3)C1)C2. The lowest BCUT2D eigenvalue weighted by Crippen LogP contribution is -2.60. The van der Waals surface area contributed by atoms with Gasteiger partial charge in [0, 0.05) is 5.54 Å². The number of hydrogen-bond acceptors (Lipinski definition) is 6. The van der Waals surface area contributed by atoms with Crippen molar-refractivity contribution in [3.05, 3.63) is 18.4 Å². The summed E-state index contributed by atoms with van der Waals surface area (Å²) < 4.78 is 10.8. The van der Waals surface area contributed by atoms with Crippen LogP contribution >= 0.6 is 11.8 Å². The fourth-order valence-electron chi connectivity index (χ4n) is 5.49. The summed E-state index contributed by atoms with van der Waals surface area (Å²) >= 11 is 1.28. The third kappa shape index (κ3) is 2.99. The smallest absolute Gasteiger partial charge is 0.284 e. The summed E-state index contributed by atoms with van der Waals surface area (Å²) in [6.07, 6.45) is 9.19. The van der Waals surface area contributed by atoms with Crippen LogP contribution in [0.25, 0.3) is 11.7 Å². The van der Waals surface area contributed by atoms with Gasteiger partial charge in [-0.05, 0) is 68.4 Å². The van der Waals surface area contributed by atoms with Crippen molar-refractivity contribution in [3.63, 3.8) is 0 Å². The van der Waals surface area contributed by atoms with Crippen LogP contribution in [0.3, 0.4) is 0 Å². The summed E-state index contributed by atoms with van der Waals surface area (Å²) in [5.41, 5.74) is 0.0561. The molecule has 4 aliphatic rings. The first-order valence-corrected chi connectivity index (χ1v) is 9.97. The Hall–Kier alpha value is -1.76. The van der Waals surface area contributed by atoms with Crippen LogP contribution in [-0.4, -0.2) is 27.4 Å². The first-order valence-electron chi connectivity index (χ1n) is 8.99. The second-order valence-electron chi connectivity index (χ2n) is 7.89. The van der Waals surface area contributed by atoms with E-state index in [4.69, 9.17) is 8.83 Å². The quantitative estimate of drug-likeness (QED) is 0.823. The molecule has 6 rings (SSSR count). The molecule has 4 bridgehead atoms. The summed E-state index contributed by atoms with van der Waals surface area (Å²) in [6, 6.07) is 3.53. The molecular weight excluding hydrogens is 338 g/mol. The minimum Gasteiger partial charge on any atom is -0.459 e. The zero-order valence-corrected chi connectivity index (χ0v) is 14.8. The Balaban J connectivity index is 1.19. The van der Waals surface area contributed by atoms with Gasteiger partial charge in [-0.25, -0.2) is 0 Å². The number of thioether (sulfide) groups is 1. The molecule has 4 fully saturated rings. The molecule has 4 saturated carbocycles. The molecule has 0 radical (unpaired) electrons.